The molecule has 0 aliphatic heterocycles. The van der Waals surface area contributed by atoms with E-state index in [2.05, 4.69) is 16.0 Å². The van der Waals surface area contributed by atoms with E-state index in [0.29, 0.717) is 5.56 Å². The van der Waals surface area contributed by atoms with Crippen molar-refractivity contribution in [3.8, 4) is 5.75 Å². The Bertz CT molecular complexity index is 841. The topological polar surface area (TPSA) is 208 Å². The second kappa shape index (κ2) is 12.2. The van der Waals surface area contributed by atoms with Gasteiger partial charge in [-0.3, -0.25) is 19.2 Å². The summed E-state index contributed by atoms with van der Waals surface area (Å²) in [6.07, 6.45) is -0.702. The van der Waals surface area contributed by atoms with E-state index in [1.807, 2.05) is 0 Å². The number of nitrogens with two attached hydrogens (primary N) is 1. The fourth-order valence-corrected chi connectivity index (χ4v) is 2.58. The first-order chi connectivity index (χ1) is 14.9. The van der Waals surface area contributed by atoms with Crippen LogP contribution in [0.15, 0.2) is 24.3 Å². The molecule has 0 heterocycles. The van der Waals surface area contributed by atoms with Crippen molar-refractivity contribution in [2.75, 3.05) is 0 Å². The number of phenols is 1. The number of carboxylic acid groups (broad SMARTS) is 2. The van der Waals surface area contributed by atoms with E-state index in [0.717, 1.165) is 0 Å². The number of rotatable bonds is 12. The largest absolute Gasteiger partial charge is 0.508 e. The molecule has 3 amide bonds. The van der Waals surface area contributed by atoms with Crippen LogP contribution in [0.1, 0.15) is 32.3 Å². The molecule has 1 aromatic rings. The predicted molar refractivity (Wildman–Crippen MR) is 111 cm³/mol. The molecule has 0 aliphatic carbocycles. The summed E-state index contributed by atoms with van der Waals surface area (Å²) in [6.45, 7) is 2.70. The second-order valence-corrected chi connectivity index (χ2v) is 7.28. The van der Waals surface area contributed by atoms with Gasteiger partial charge in [0.25, 0.3) is 0 Å². The van der Waals surface area contributed by atoms with Gasteiger partial charge in [-0.05, 0) is 38.0 Å². The van der Waals surface area contributed by atoms with Crippen LogP contribution in [0.2, 0.25) is 0 Å². The lowest BCUT2D eigenvalue weighted by Crippen LogP contribution is -2.56. The average molecular weight is 452 g/mol. The molecule has 32 heavy (non-hydrogen) atoms. The van der Waals surface area contributed by atoms with Gasteiger partial charge >= 0.3 is 11.9 Å². The molecular weight excluding hydrogens is 424 g/mol. The fourth-order valence-electron chi connectivity index (χ4n) is 2.58. The fraction of sp³-hybridized carbons (Fsp3) is 0.450. The van der Waals surface area contributed by atoms with Crippen molar-refractivity contribution in [2.24, 2.45) is 5.73 Å². The molecule has 1 rings (SSSR count). The Kier molecular flexibility index (Phi) is 10.1. The number of carbonyl (C=O) groups excluding carboxylic acids is 3. The lowest BCUT2D eigenvalue weighted by molar-refractivity contribution is -0.142. The highest BCUT2D eigenvalue weighted by molar-refractivity contribution is 5.94. The summed E-state index contributed by atoms with van der Waals surface area (Å²) in [7, 11) is 0. The van der Waals surface area contributed by atoms with Gasteiger partial charge in [0.05, 0.1) is 6.04 Å². The normalized spacial score (nSPS) is 14.3. The lowest BCUT2D eigenvalue weighted by Gasteiger charge is -2.23. The number of aliphatic carboxylic acids is 2. The quantitative estimate of drug-likeness (QED) is 0.201. The summed E-state index contributed by atoms with van der Waals surface area (Å²) in [5, 5.41) is 34.5. The van der Waals surface area contributed by atoms with Crippen LogP contribution in [0.25, 0.3) is 0 Å². The molecule has 0 radical (unpaired) electrons. The standard InChI is InChI=1S/C20H28N4O8/c1-10(21)17(28)23-14(7-8-16(26)27)19(30)22-11(2)18(29)24-15(20(31)32)9-12-3-5-13(25)6-4-12/h3-6,10-11,14-15,25H,7-9,21H2,1-2H3,(H,22,30)(H,23,28)(H,24,29)(H,26,27)(H,31,32). The monoisotopic (exact) mass is 452 g/mol. The van der Waals surface area contributed by atoms with Gasteiger partial charge in [-0.15, -0.1) is 0 Å². The number of amides is 3. The molecule has 8 N–H and O–H groups in total. The van der Waals surface area contributed by atoms with Gasteiger partial charge in [0.1, 0.15) is 23.9 Å². The molecule has 12 nitrogen and oxygen atoms in total. The van der Waals surface area contributed by atoms with Crippen molar-refractivity contribution in [2.45, 2.75) is 57.3 Å². The Balaban J connectivity index is 2.78. The van der Waals surface area contributed by atoms with Crippen LogP contribution in [0, 0.1) is 0 Å². The van der Waals surface area contributed by atoms with Crippen LogP contribution >= 0.6 is 0 Å². The summed E-state index contributed by atoms with van der Waals surface area (Å²) in [6, 6.07) is 1.13. The second-order valence-electron chi connectivity index (χ2n) is 7.28. The minimum atomic E-state index is -1.30. The lowest BCUT2D eigenvalue weighted by atomic mass is 10.1. The molecule has 12 heteroatoms. The Hall–Kier alpha value is -3.67. The van der Waals surface area contributed by atoms with Gasteiger partial charge in [0.2, 0.25) is 17.7 Å². The van der Waals surface area contributed by atoms with E-state index in [1.54, 1.807) is 0 Å². The number of aromatic hydroxyl groups is 1. The van der Waals surface area contributed by atoms with Crippen LogP contribution in [-0.2, 0) is 30.4 Å². The molecule has 0 bridgehead atoms. The minimum Gasteiger partial charge on any atom is -0.508 e. The maximum Gasteiger partial charge on any atom is 0.326 e. The van der Waals surface area contributed by atoms with Crippen LogP contribution in [0.3, 0.4) is 0 Å². The van der Waals surface area contributed by atoms with Crippen LogP contribution < -0.4 is 21.7 Å². The Morgan fingerprint density at radius 3 is 1.94 bits per heavy atom. The summed E-state index contributed by atoms with van der Waals surface area (Å²) in [5.74, 6) is -4.74. The van der Waals surface area contributed by atoms with Crippen LogP contribution in [-0.4, -0.2) is 69.1 Å². The van der Waals surface area contributed by atoms with Crippen molar-refractivity contribution >= 4 is 29.7 Å². The molecule has 176 valence electrons. The third-order valence-electron chi connectivity index (χ3n) is 4.44. The zero-order valence-corrected chi connectivity index (χ0v) is 17.7. The number of benzene rings is 1. The van der Waals surface area contributed by atoms with E-state index in [9.17, 15) is 34.2 Å². The highest BCUT2D eigenvalue weighted by Gasteiger charge is 2.28. The number of carboxylic acids is 2. The first kappa shape index (κ1) is 26.4. The molecular formula is C20H28N4O8. The van der Waals surface area contributed by atoms with Crippen molar-refractivity contribution in [1.82, 2.24) is 16.0 Å². The highest BCUT2D eigenvalue weighted by atomic mass is 16.4. The van der Waals surface area contributed by atoms with Gasteiger partial charge in [-0.25, -0.2) is 4.79 Å². The zero-order chi connectivity index (χ0) is 24.4. The first-order valence-electron chi connectivity index (χ1n) is 9.80. The average Bonchev–Trinajstić information content (AvgIpc) is 2.71. The highest BCUT2D eigenvalue weighted by Crippen LogP contribution is 2.11. The number of phenolic OH excluding ortho intramolecular Hbond substituents is 1. The summed E-state index contributed by atoms with van der Waals surface area (Å²) in [4.78, 5) is 59.1. The molecule has 0 aromatic heterocycles. The maximum absolute atomic E-state index is 12.5. The van der Waals surface area contributed by atoms with Crippen molar-refractivity contribution in [3.63, 3.8) is 0 Å². The summed E-state index contributed by atoms with van der Waals surface area (Å²) < 4.78 is 0. The molecule has 1 aromatic carbocycles. The summed E-state index contributed by atoms with van der Waals surface area (Å²) >= 11 is 0. The Morgan fingerprint density at radius 1 is 0.875 bits per heavy atom. The van der Waals surface area contributed by atoms with E-state index >= 15 is 0 Å². The molecule has 0 spiro atoms. The van der Waals surface area contributed by atoms with Gasteiger partial charge < -0.3 is 37.0 Å². The minimum absolute atomic E-state index is 0.00886. The van der Waals surface area contributed by atoms with Gasteiger partial charge in [0.15, 0.2) is 0 Å². The smallest absolute Gasteiger partial charge is 0.326 e. The van der Waals surface area contributed by atoms with Gasteiger partial charge in [-0.2, -0.15) is 0 Å². The van der Waals surface area contributed by atoms with Crippen LogP contribution in [0.4, 0.5) is 0 Å². The third kappa shape index (κ3) is 9.00. The number of hydrogen-bond donors (Lipinski definition) is 7. The SMILES string of the molecule is CC(N)C(=O)NC(CCC(=O)O)C(=O)NC(C)C(=O)NC(Cc1ccc(O)cc1)C(=O)O. The molecule has 4 atom stereocenters. The Labute approximate surface area is 184 Å². The number of carbonyl (C=O) groups is 5. The third-order valence-corrected chi connectivity index (χ3v) is 4.44. The number of hydrogen-bond acceptors (Lipinski definition) is 7. The van der Waals surface area contributed by atoms with E-state index in [1.165, 1.54) is 38.1 Å². The molecule has 0 saturated heterocycles. The van der Waals surface area contributed by atoms with E-state index in [4.69, 9.17) is 10.8 Å². The van der Waals surface area contributed by atoms with Gasteiger partial charge in [0, 0.05) is 12.8 Å². The number of nitrogens with one attached hydrogen (secondary N) is 3. The van der Waals surface area contributed by atoms with Gasteiger partial charge in [-0.1, -0.05) is 12.1 Å². The maximum atomic E-state index is 12.5. The van der Waals surface area contributed by atoms with Crippen molar-refractivity contribution in [3.05, 3.63) is 29.8 Å². The summed E-state index contributed by atoms with van der Waals surface area (Å²) in [5.41, 5.74) is 6.01. The van der Waals surface area contributed by atoms with E-state index < -0.39 is 60.2 Å². The first-order valence-corrected chi connectivity index (χ1v) is 9.80. The predicted octanol–water partition coefficient (Wildman–Crippen LogP) is -1.29. The van der Waals surface area contributed by atoms with Crippen LogP contribution in [0.5, 0.6) is 5.75 Å². The molecule has 0 aliphatic rings. The Morgan fingerprint density at radius 2 is 1.44 bits per heavy atom. The molecule has 0 saturated carbocycles. The van der Waals surface area contributed by atoms with Crippen molar-refractivity contribution < 1.29 is 39.3 Å². The molecule has 0 fully saturated rings. The zero-order valence-electron chi connectivity index (χ0n) is 17.7. The van der Waals surface area contributed by atoms with Crippen molar-refractivity contribution in [1.29, 1.82) is 0 Å². The van der Waals surface area contributed by atoms with E-state index in [-0.39, 0.29) is 18.6 Å². The molecule has 4 unspecified atom stereocenters.